The van der Waals surface area contributed by atoms with Crippen molar-refractivity contribution in [1.29, 1.82) is 0 Å². The van der Waals surface area contributed by atoms with Gasteiger partial charge in [0.25, 0.3) is 5.91 Å². The van der Waals surface area contributed by atoms with Crippen molar-refractivity contribution in [3.63, 3.8) is 0 Å². The molecule has 0 aliphatic carbocycles. The van der Waals surface area contributed by atoms with Crippen LogP contribution in [0.25, 0.3) is 0 Å². The summed E-state index contributed by atoms with van der Waals surface area (Å²) >= 11 is 0. The topological polar surface area (TPSA) is 70.4 Å². The summed E-state index contributed by atoms with van der Waals surface area (Å²) in [6.07, 6.45) is 2.22. The summed E-state index contributed by atoms with van der Waals surface area (Å²) in [5.74, 6) is -0.110. The van der Waals surface area contributed by atoms with E-state index in [4.69, 9.17) is 5.73 Å². The van der Waals surface area contributed by atoms with E-state index >= 15 is 0 Å². The average Bonchev–Trinajstić information content (AvgIpc) is 2.65. The zero-order chi connectivity index (χ0) is 17.6. The first kappa shape index (κ1) is 17.5. The van der Waals surface area contributed by atoms with Gasteiger partial charge in [-0.15, -0.1) is 0 Å². The third-order valence-corrected chi connectivity index (χ3v) is 4.71. The first-order chi connectivity index (χ1) is 12.2. The molecule has 0 saturated carbocycles. The number of carbonyl (C=O) groups is 1. The van der Waals surface area contributed by atoms with E-state index in [0.29, 0.717) is 18.2 Å². The van der Waals surface area contributed by atoms with E-state index in [9.17, 15) is 4.79 Å². The molecule has 25 heavy (non-hydrogen) atoms. The van der Waals surface area contributed by atoms with Gasteiger partial charge in [0.15, 0.2) is 0 Å². The maximum Gasteiger partial charge on any atom is 0.255 e. The molecule has 1 aliphatic rings. The van der Waals surface area contributed by atoms with Gasteiger partial charge in [0, 0.05) is 18.2 Å². The van der Waals surface area contributed by atoms with E-state index in [2.05, 4.69) is 22.6 Å². The molecule has 0 bridgehead atoms. The zero-order valence-electron chi connectivity index (χ0n) is 14.7. The molecular formula is C20H26N4O. The van der Waals surface area contributed by atoms with Crippen molar-refractivity contribution in [2.75, 3.05) is 30.8 Å². The normalized spacial score (nSPS) is 15.8. The molecule has 1 saturated heterocycles. The van der Waals surface area contributed by atoms with Gasteiger partial charge in [-0.3, -0.25) is 4.79 Å². The second-order valence-corrected chi connectivity index (χ2v) is 6.62. The molecule has 1 aliphatic heterocycles. The number of anilines is 2. The minimum absolute atomic E-state index is 0.110. The van der Waals surface area contributed by atoms with Gasteiger partial charge in [-0.1, -0.05) is 24.3 Å². The largest absolute Gasteiger partial charge is 0.381 e. The number of hydrogen-bond donors (Lipinski definition) is 3. The number of nitrogens with two attached hydrogens (primary N) is 1. The molecule has 0 radical (unpaired) electrons. The van der Waals surface area contributed by atoms with Crippen molar-refractivity contribution < 1.29 is 4.79 Å². The Bertz CT molecular complexity index is 706. The first-order valence-electron chi connectivity index (χ1n) is 8.80. The molecule has 2 aromatic rings. The van der Waals surface area contributed by atoms with E-state index in [1.165, 1.54) is 0 Å². The number of carbonyl (C=O) groups excluding carboxylic acids is 1. The van der Waals surface area contributed by atoms with Gasteiger partial charge in [-0.2, -0.15) is 0 Å². The number of hydrogen-bond acceptors (Lipinski definition) is 4. The molecular weight excluding hydrogens is 312 g/mol. The SMILES string of the molecule is CN1CCC(Nc2ccccc2NC(=O)c2ccc(CN)cc2)CC1. The van der Waals surface area contributed by atoms with E-state index in [1.54, 1.807) is 0 Å². The maximum absolute atomic E-state index is 12.5. The minimum Gasteiger partial charge on any atom is -0.381 e. The van der Waals surface area contributed by atoms with Crippen LogP contribution in [0.2, 0.25) is 0 Å². The second kappa shape index (κ2) is 8.14. The standard InChI is InChI=1S/C20H26N4O/c1-24-12-10-17(11-13-24)22-18-4-2-3-5-19(18)23-20(25)16-8-6-15(14-21)7-9-16/h2-9,17,22H,10-14,21H2,1H3,(H,23,25). The predicted octanol–water partition coefficient (Wildman–Crippen LogP) is 2.90. The third-order valence-electron chi connectivity index (χ3n) is 4.71. The number of nitrogens with zero attached hydrogens (tertiary/aromatic N) is 1. The van der Waals surface area contributed by atoms with Gasteiger partial charge in [-0.05, 0) is 62.8 Å². The summed E-state index contributed by atoms with van der Waals surface area (Å²) in [5.41, 5.74) is 9.04. The Morgan fingerprint density at radius 1 is 1.08 bits per heavy atom. The fraction of sp³-hybridized carbons (Fsp3) is 0.350. The maximum atomic E-state index is 12.5. The molecule has 2 aromatic carbocycles. The second-order valence-electron chi connectivity index (χ2n) is 6.62. The lowest BCUT2D eigenvalue weighted by Crippen LogP contribution is -2.36. The highest BCUT2D eigenvalue weighted by Gasteiger charge is 2.17. The summed E-state index contributed by atoms with van der Waals surface area (Å²) in [6, 6.07) is 15.7. The number of rotatable bonds is 5. The van der Waals surface area contributed by atoms with Gasteiger partial charge in [0.2, 0.25) is 0 Å². The van der Waals surface area contributed by atoms with E-state index < -0.39 is 0 Å². The van der Waals surface area contributed by atoms with E-state index in [0.717, 1.165) is 42.9 Å². The fourth-order valence-corrected chi connectivity index (χ4v) is 3.08. The smallest absolute Gasteiger partial charge is 0.255 e. The van der Waals surface area contributed by atoms with Crippen LogP contribution in [-0.2, 0) is 6.54 Å². The van der Waals surface area contributed by atoms with Crippen LogP contribution in [0, 0.1) is 0 Å². The van der Waals surface area contributed by atoms with Gasteiger partial charge in [0.1, 0.15) is 0 Å². The quantitative estimate of drug-likeness (QED) is 0.784. The summed E-state index contributed by atoms with van der Waals surface area (Å²) in [5, 5.41) is 6.61. The predicted molar refractivity (Wildman–Crippen MR) is 103 cm³/mol. The summed E-state index contributed by atoms with van der Waals surface area (Å²) < 4.78 is 0. The van der Waals surface area contributed by atoms with Crippen molar-refractivity contribution >= 4 is 17.3 Å². The molecule has 1 heterocycles. The Hall–Kier alpha value is -2.37. The number of benzene rings is 2. The van der Waals surface area contributed by atoms with Crippen LogP contribution in [0.3, 0.4) is 0 Å². The number of para-hydroxylation sites is 2. The van der Waals surface area contributed by atoms with Crippen molar-refractivity contribution in [3.8, 4) is 0 Å². The lowest BCUT2D eigenvalue weighted by Gasteiger charge is -2.30. The van der Waals surface area contributed by atoms with Gasteiger partial charge >= 0.3 is 0 Å². The van der Waals surface area contributed by atoms with Gasteiger partial charge in [-0.25, -0.2) is 0 Å². The molecule has 0 unspecified atom stereocenters. The highest BCUT2D eigenvalue weighted by Crippen LogP contribution is 2.25. The van der Waals surface area contributed by atoms with Crippen molar-refractivity contribution in [1.82, 2.24) is 4.90 Å². The average molecular weight is 338 g/mol. The number of amides is 1. The lowest BCUT2D eigenvalue weighted by molar-refractivity contribution is 0.102. The summed E-state index contributed by atoms with van der Waals surface area (Å²) in [4.78, 5) is 14.9. The molecule has 0 atom stereocenters. The van der Waals surface area contributed by atoms with Crippen molar-refractivity contribution in [3.05, 3.63) is 59.7 Å². The van der Waals surface area contributed by atoms with Crippen LogP contribution in [0.4, 0.5) is 11.4 Å². The van der Waals surface area contributed by atoms with E-state index in [1.807, 2.05) is 48.5 Å². The summed E-state index contributed by atoms with van der Waals surface area (Å²) in [7, 11) is 2.15. The Labute approximate surface area is 149 Å². The monoisotopic (exact) mass is 338 g/mol. The summed E-state index contributed by atoms with van der Waals surface area (Å²) in [6.45, 7) is 2.67. The molecule has 1 amide bonds. The Kier molecular flexibility index (Phi) is 5.68. The van der Waals surface area contributed by atoms with Crippen LogP contribution in [-0.4, -0.2) is 37.0 Å². The molecule has 4 N–H and O–H groups in total. The van der Waals surface area contributed by atoms with Gasteiger partial charge < -0.3 is 21.3 Å². The lowest BCUT2D eigenvalue weighted by atomic mass is 10.0. The fourth-order valence-electron chi connectivity index (χ4n) is 3.08. The molecule has 5 nitrogen and oxygen atoms in total. The van der Waals surface area contributed by atoms with Crippen molar-refractivity contribution in [2.45, 2.75) is 25.4 Å². The zero-order valence-corrected chi connectivity index (χ0v) is 14.7. The van der Waals surface area contributed by atoms with E-state index in [-0.39, 0.29) is 5.91 Å². The number of piperidine rings is 1. The molecule has 132 valence electrons. The van der Waals surface area contributed by atoms with Crippen molar-refractivity contribution in [2.24, 2.45) is 5.73 Å². The highest BCUT2D eigenvalue weighted by atomic mass is 16.1. The molecule has 0 spiro atoms. The minimum atomic E-state index is -0.110. The molecule has 5 heteroatoms. The Morgan fingerprint density at radius 2 is 1.72 bits per heavy atom. The van der Waals surface area contributed by atoms with Crippen LogP contribution in [0.1, 0.15) is 28.8 Å². The van der Waals surface area contributed by atoms with Crippen LogP contribution < -0.4 is 16.4 Å². The third kappa shape index (κ3) is 4.59. The van der Waals surface area contributed by atoms with Crippen LogP contribution >= 0.6 is 0 Å². The first-order valence-corrected chi connectivity index (χ1v) is 8.80. The number of nitrogens with one attached hydrogen (secondary N) is 2. The molecule has 0 aromatic heterocycles. The Morgan fingerprint density at radius 3 is 2.36 bits per heavy atom. The Balaban J connectivity index is 1.68. The number of likely N-dealkylation sites (tertiary alicyclic amines) is 1. The molecule has 1 fully saturated rings. The van der Waals surface area contributed by atoms with Crippen LogP contribution in [0.15, 0.2) is 48.5 Å². The highest BCUT2D eigenvalue weighted by molar-refractivity contribution is 6.05. The van der Waals surface area contributed by atoms with Crippen LogP contribution in [0.5, 0.6) is 0 Å². The van der Waals surface area contributed by atoms with Gasteiger partial charge in [0.05, 0.1) is 11.4 Å². The molecule has 3 rings (SSSR count).